The lowest BCUT2D eigenvalue weighted by atomic mass is 10.0. The zero-order valence-electron chi connectivity index (χ0n) is 16.5. The van der Waals surface area contributed by atoms with E-state index < -0.39 is 0 Å². The van der Waals surface area contributed by atoms with Crippen molar-refractivity contribution in [3.8, 4) is 11.3 Å². The van der Waals surface area contributed by atoms with E-state index in [2.05, 4.69) is 41.0 Å². The van der Waals surface area contributed by atoms with Gasteiger partial charge in [-0.3, -0.25) is 14.4 Å². The first-order valence-corrected chi connectivity index (χ1v) is 10.3. The van der Waals surface area contributed by atoms with Gasteiger partial charge in [-0.15, -0.1) is 0 Å². The topological polar surface area (TPSA) is 41.4 Å². The van der Waals surface area contributed by atoms with Crippen LogP contribution in [0.15, 0.2) is 30.3 Å². The second kappa shape index (κ2) is 7.85. The van der Waals surface area contributed by atoms with Gasteiger partial charge in [-0.1, -0.05) is 30.3 Å². The van der Waals surface area contributed by atoms with Crippen molar-refractivity contribution in [3.63, 3.8) is 0 Å². The molecule has 2 aliphatic rings. The third-order valence-electron chi connectivity index (χ3n) is 6.13. The minimum atomic E-state index is -0.0407. The van der Waals surface area contributed by atoms with Crippen molar-refractivity contribution < 1.29 is 4.79 Å². The van der Waals surface area contributed by atoms with Crippen molar-refractivity contribution in [2.75, 3.05) is 26.2 Å². The summed E-state index contributed by atoms with van der Waals surface area (Å²) in [7, 11) is 2.04. The Hall–Kier alpha value is -2.14. The van der Waals surface area contributed by atoms with Gasteiger partial charge < -0.3 is 4.90 Å². The number of hydrogen-bond acceptors (Lipinski definition) is 3. The van der Waals surface area contributed by atoms with E-state index in [0.29, 0.717) is 5.91 Å². The number of likely N-dealkylation sites (tertiary alicyclic amines) is 1. The molecule has 0 aliphatic carbocycles. The second-order valence-corrected chi connectivity index (χ2v) is 7.86. The first-order chi connectivity index (χ1) is 13.1. The third kappa shape index (κ3) is 3.65. The molecule has 1 fully saturated rings. The van der Waals surface area contributed by atoms with E-state index in [0.717, 1.165) is 51.9 Å². The zero-order valence-corrected chi connectivity index (χ0v) is 16.5. The Morgan fingerprint density at radius 1 is 1.00 bits per heavy atom. The summed E-state index contributed by atoms with van der Waals surface area (Å²) in [5.41, 5.74) is 4.99. The van der Waals surface area contributed by atoms with Gasteiger partial charge in [0, 0.05) is 50.8 Å². The lowest BCUT2D eigenvalue weighted by Crippen LogP contribution is -2.49. The highest BCUT2D eigenvalue weighted by Gasteiger charge is 2.30. The van der Waals surface area contributed by atoms with Crippen LogP contribution in [0.2, 0.25) is 0 Å². The zero-order chi connectivity index (χ0) is 18.8. The SMILES string of the molecule is CC(C(=O)N1CCCCC1)N1CCc2nn(C)c(-c3ccccc3)c2CC1. The molecular weight excluding hydrogens is 336 g/mol. The fraction of sp³-hybridized carbons (Fsp3) is 0.545. The number of fused-ring (bicyclic) bond motifs is 1. The van der Waals surface area contributed by atoms with E-state index in [4.69, 9.17) is 5.10 Å². The number of benzene rings is 1. The number of aryl methyl sites for hydroxylation is 1. The minimum absolute atomic E-state index is 0.0407. The van der Waals surface area contributed by atoms with Gasteiger partial charge in [-0.25, -0.2) is 0 Å². The number of aromatic nitrogens is 2. The highest BCUT2D eigenvalue weighted by molar-refractivity contribution is 5.81. The first kappa shape index (κ1) is 18.2. The lowest BCUT2D eigenvalue weighted by Gasteiger charge is -2.34. The quantitative estimate of drug-likeness (QED) is 0.839. The van der Waals surface area contributed by atoms with Gasteiger partial charge >= 0.3 is 0 Å². The van der Waals surface area contributed by atoms with Crippen LogP contribution in [-0.2, 0) is 24.7 Å². The number of nitrogens with zero attached hydrogens (tertiary/aromatic N) is 4. The molecule has 0 spiro atoms. The fourth-order valence-corrected chi connectivity index (χ4v) is 4.58. The van der Waals surface area contributed by atoms with Crippen LogP contribution in [0.1, 0.15) is 37.4 Å². The number of hydrogen-bond donors (Lipinski definition) is 0. The van der Waals surface area contributed by atoms with Crippen LogP contribution in [0.3, 0.4) is 0 Å². The van der Waals surface area contributed by atoms with E-state index in [9.17, 15) is 4.79 Å². The molecule has 0 N–H and O–H groups in total. The summed E-state index contributed by atoms with van der Waals surface area (Å²) in [5, 5.41) is 4.81. The largest absolute Gasteiger partial charge is 0.341 e. The number of rotatable bonds is 3. The fourth-order valence-electron chi connectivity index (χ4n) is 4.58. The molecule has 1 atom stereocenters. The van der Waals surface area contributed by atoms with Crippen LogP contribution in [0, 0.1) is 0 Å². The van der Waals surface area contributed by atoms with Gasteiger partial charge in [-0.05, 0) is 32.6 Å². The van der Waals surface area contributed by atoms with Crippen LogP contribution in [0.25, 0.3) is 11.3 Å². The third-order valence-corrected chi connectivity index (χ3v) is 6.13. The molecule has 27 heavy (non-hydrogen) atoms. The molecule has 1 aromatic carbocycles. The molecule has 1 amide bonds. The average molecular weight is 367 g/mol. The standard InChI is InChI=1S/C22H30N4O/c1-17(22(27)26-13-7-4-8-14-26)25-15-11-19-20(12-16-25)23-24(2)21(19)18-9-5-3-6-10-18/h3,5-6,9-10,17H,4,7-8,11-16H2,1-2H3. The number of carbonyl (C=O) groups is 1. The molecule has 1 unspecified atom stereocenters. The smallest absolute Gasteiger partial charge is 0.239 e. The normalized spacial score (nSPS) is 19.4. The molecule has 3 heterocycles. The maximum atomic E-state index is 12.9. The van der Waals surface area contributed by atoms with Crippen molar-refractivity contribution in [2.45, 2.75) is 45.1 Å². The summed E-state index contributed by atoms with van der Waals surface area (Å²) in [6.45, 7) is 5.76. The Bertz CT molecular complexity index is 792. The summed E-state index contributed by atoms with van der Waals surface area (Å²) in [5.74, 6) is 0.304. The number of carbonyl (C=O) groups excluding carboxylic acids is 1. The van der Waals surface area contributed by atoms with Crippen molar-refractivity contribution in [2.24, 2.45) is 7.05 Å². The summed E-state index contributed by atoms with van der Waals surface area (Å²) < 4.78 is 2.03. The molecule has 1 aromatic heterocycles. The van der Waals surface area contributed by atoms with Crippen molar-refractivity contribution >= 4 is 5.91 Å². The summed E-state index contributed by atoms with van der Waals surface area (Å²) in [6.07, 6.45) is 5.41. The van der Waals surface area contributed by atoms with Crippen LogP contribution in [0.5, 0.6) is 0 Å². The van der Waals surface area contributed by atoms with E-state index in [1.54, 1.807) is 0 Å². The van der Waals surface area contributed by atoms with Gasteiger partial charge in [-0.2, -0.15) is 5.10 Å². The van der Waals surface area contributed by atoms with Gasteiger partial charge in [0.25, 0.3) is 0 Å². The van der Waals surface area contributed by atoms with Gasteiger partial charge in [0.05, 0.1) is 17.4 Å². The van der Waals surface area contributed by atoms with Gasteiger partial charge in [0.2, 0.25) is 5.91 Å². The van der Waals surface area contributed by atoms with Gasteiger partial charge in [0.1, 0.15) is 0 Å². The van der Waals surface area contributed by atoms with Crippen LogP contribution in [-0.4, -0.2) is 57.7 Å². The highest BCUT2D eigenvalue weighted by Crippen LogP contribution is 2.29. The van der Waals surface area contributed by atoms with Crippen molar-refractivity contribution in [3.05, 3.63) is 41.6 Å². The van der Waals surface area contributed by atoms with E-state index in [-0.39, 0.29) is 6.04 Å². The van der Waals surface area contributed by atoms with E-state index in [1.165, 1.54) is 28.9 Å². The Morgan fingerprint density at radius 2 is 1.70 bits per heavy atom. The highest BCUT2D eigenvalue weighted by atomic mass is 16.2. The predicted octanol–water partition coefficient (Wildman–Crippen LogP) is 2.89. The van der Waals surface area contributed by atoms with Crippen LogP contribution >= 0.6 is 0 Å². The summed E-state index contributed by atoms with van der Waals surface area (Å²) in [6, 6.07) is 10.5. The molecule has 2 aliphatic heterocycles. The Morgan fingerprint density at radius 3 is 2.44 bits per heavy atom. The lowest BCUT2D eigenvalue weighted by molar-refractivity contribution is -0.137. The molecular formula is C22H30N4O. The van der Waals surface area contributed by atoms with Crippen molar-refractivity contribution in [1.29, 1.82) is 0 Å². The second-order valence-electron chi connectivity index (χ2n) is 7.86. The minimum Gasteiger partial charge on any atom is -0.341 e. The van der Waals surface area contributed by atoms with Crippen LogP contribution in [0.4, 0.5) is 0 Å². The van der Waals surface area contributed by atoms with Crippen molar-refractivity contribution in [1.82, 2.24) is 19.6 Å². The summed E-state index contributed by atoms with van der Waals surface area (Å²) in [4.78, 5) is 17.4. The summed E-state index contributed by atoms with van der Waals surface area (Å²) >= 11 is 0. The molecule has 5 nitrogen and oxygen atoms in total. The predicted molar refractivity (Wildman–Crippen MR) is 108 cm³/mol. The van der Waals surface area contributed by atoms with Crippen LogP contribution < -0.4 is 0 Å². The first-order valence-electron chi connectivity index (χ1n) is 10.3. The maximum absolute atomic E-state index is 12.9. The van der Waals surface area contributed by atoms with Gasteiger partial charge in [0.15, 0.2) is 0 Å². The number of piperidine rings is 1. The molecule has 2 aromatic rings. The van der Waals surface area contributed by atoms with E-state index in [1.807, 2.05) is 17.8 Å². The Labute approximate surface area is 162 Å². The Balaban J connectivity index is 1.50. The molecule has 1 saturated heterocycles. The maximum Gasteiger partial charge on any atom is 0.239 e. The molecule has 0 bridgehead atoms. The number of amides is 1. The molecule has 144 valence electrons. The molecule has 0 radical (unpaired) electrons. The monoisotopic (exact) mass is 366 g/mol. The average Bonchev–Trinajstić information content (AvgIpc) is 2.89. The Kier molecular flexibility index (Phi) is 5.30. The molecule has 5 heteroatoms. The molecule has 4 rings (SSSR count). The van der Waals surface area contributed by atoms with E-state index >= 15 is 0 Å². The molecule has 0 saturated carbocycles.